The molecule has 0 aromatic carbocycles. The molecular weight excluding hydrogens is 325 g/mol. The van der Waals surface area contributed by atoms with Crippen molar-refractivity contribution < 1.29 is 136 Å². The Balaban J connectivity index is 0. The minimum atomic E-state index is 0. The molecule has 0 saturated heterocycles. The van der Waals surface area contributed by atoms with Crippen LogP contribution in [-0.4, -0.2) is 65.7 Å². The van der Waals surface area contributed by atoms with Gasteiger partial charge in [-0.05, 0) is 0 Å². The summed E-state index contributed by atoms with van der Waals surface area (Å²) < 4.78 is 0. The van der Waals surface area contributed by atoms with Gasteiger partial charge < -0.3 is 67.1 Å². The molecule has 24 N–H and O–H groups in total. The van der Waals surface area contributed by atoms with Crippen LogP contribution in [0.4, 0.5) is 0 Å². The van der Waals surface area contributed by atoms with E-state index in [0.717, 1.165) is 0 Å². The maximum atomic E-state index is 0. The largest absolute Gasteiger partial charge is 1.00 e. The van der Waals surface area contributed by atoms with Crippen LogP contribution >= 0.6 is 0 Å². The molecular formula is H25CsO12. The van der Waals surface area contributed by atoms with Gasteiger partial charge in [-0.25, -0.2) is 0 Å². The van der Waals surface area contributed by atoms with E-state index >= 15 is 0 Å². The Bertz CT molecular complexity index is 10.3. The summed E-state index contributed by atoms with van der Waals surface area (Å²) in [6.45, 7) is 0. The van der Waals surface area contributed by atoms with E-state index in [-0.39, 0.29) is 136 Å². The first-order valence-electron chi connectivity index (χ1n) is 0. The molecule has 0 radical (unpaired) electrons. The molecule has 12 nitrogen and oxygen atoms in total. The average molecular weight is 350 g/mol. The van der Waals surface area contributed by atoms with Crippen molar-refractivity contribution in [3.05, 3.63) is 0 Å². The molecule has 0 saturated carbocycles. The molecule has 13 heteroatoms. The Kier molecular flexibility index (Phi) is 72500. The molecule has 0 heterocycles. The minimum absolute atomic E-state index is 0. The summed E-state index contributed by atoms with van der Waals surface area (Å²) in [6.07, 6.45) is 0. The van der Waals surface area contributed by atoms with Crippen molar-refractivity contribution in [1.29, 1.82) is 0 Å². The summed E-state index contributed by atoms with van der Waals surface area (Å²) in [5.41, 5.74) is 0. The standard InChI is InChI=1S/Cs.12H2O.H/h;12*1H2;/q+1;;;;;;;;;;;;;-1. The van der Waals surface area contributed by atoms with Crippen LogP contribution in [0.15, 0.2) is 0 Å². The van der Waals surface area contributed by atoms with Crippen LogP contribution in [0.3, 0.4) is 0 Å². The molecule has 0 aliphatic heterocycles. The molecule has 0 aliphatic carbocycles. The van der Waals surface area contributed by atoms with Gasteiger partial charge in [-0.1, -0.05) is 0 Å². The van der Waals surface area contributed by atoms with E-state index in [9.17, 15) is 0 Å². The Labute approximate surface area is 134 Å². The molecule has 13 heavy (non-hydrogen) atoms. The third-order valence-corrected chi connectivity index (χ3v) is 0. The van der Waals surface area contributed by atoms with E-state index < -0.39 is 0 Å². The molecule has 0 aromatic heterocycles. The zero-order chi connectivity index (χ0) is 0. The van der Waals surface area contributed by atoms with Crippen LogP contribution in [0.1, 0.15) is 1.43 Å². The van der Waals surface area contributed by atoms with Crippen LogP contribution in [-0.2, 0) is 0 Å². The molecule has 98 valence electrons. The van der Waals surface area contributed by atoms with Crippen molar-refractivity contribution in [3.63, 3.8) is 0 Å². The van der Waals surface area contributed by atoms with Gasteiger partial charge in [0.05, 0.1) is 0 Å². The summed E-state index contributed by atoms with van der Waals surface area (Å²) in [6, 6.07) is 0. The third kappa shape index (κ3) is 735. The van der Waals surface area contributed by atoms with E-state index in [4.69, 9.17) is 0 Å². The average Bonchev–Trinajstić information content (AvgIpc) is 0. The molecule has 0 unspecified atom stereocenters. The second-order valence-electron chi connectivity index (χ2n) is 0. The van der Waals surface area contributed by atoms with Crippen LogP contribution in [0, 0.1) is 0 Å². The number of rotatable bonds is 0. The first kappa shape index (κ1) is 1090. The van der Waals surface area contributed by atoms with Gasteiger partial charge >= 0.3 is 68.9 Å². The first-order chi connectivity index (χ1) is 0. The van der Waals surface area contributed by atoms with Crippen LogP contribution < -0.4 is 68.9 Å². The van der Waals surface area contributed by atoms with Crippen molar-refractivity contribution in [2.75, 3.05) is 0 Å². The SMILES string of the molecule is O.O.O.O.O.O.O.O.O.O.O.O.[Cs+].[H-]. The van der Waals surface area contributed by atoms with Crippen LogP contribution in [0.2, 0.25) is 0 Å². The molecule has 0 spiro atoms. The molecule has 0 aromatic rings. The summed E-state index contributed by atoms with van der Waals surface area (Å²) in [7, 11) is 0. The zero-order valence-electron chi connectivity index (χ0n) is 8.00. The Morgan fingerprint density at radius 2 is 0.231 bits per heavy atom. The fourth-order valence-electron chi connectivity index (χ4n) is 0. The molecule has 0 fully saturated rings. The maximum Gasteiger partial charge on any atom is 1.00 e. The molecule has 0 atom stereocenters. The van der Waals surface area contributed by atoms with E-state index in [1.807, 2.05) is 0 Å². The second kappa shape index (κ2) is 868. The van der Waals surface area contributed by atoms with Gasteiger partial charge in [-0.15, -0.1) is 0 Å². The molecule has 0 bridgehead atoms. The molecule has 0 amide bonds. The smallest absolute Gasteiger partial charge is 1.00 e. The maximum absolute atomic E-state index is 0. The van der Waals surface area contributed by atoms with Gasteiger partial charge in [-0.3, -0.25) is 0 Å². The van der Waals surface area contributed by atoms with E-state index in [0.29, 0.717) is 0 Å². The van der Waals surface area contributed by atoms with E-state index in [1.165, 1.54) is 0 Å². The fraction of sp³-hybridized carbons (Fsp3) is 0. The van der Waals surface area contributed by atoms with Gasteiger partial charge in [-0.2, -0.15) is 0 Å². The summed E-state index contributed by atoms with van der Waals surface area (Å²) in [4.78, 5) is 0. The van der Waals surface area contributed by atoms with Crippen molar-refractivity contribution in [2.45, 2.75) is 0 Å². The number of hydrogen-bond acceptors (Lipinski definition) is 0. The van der Waals surface area contributed by atoms with Crippen LogP contribution in [0.5, 0.6) is 0 Å². The minimum Gasteiger partial charge on any atom is -1.00 e. The zero-order valence-corrected chi connectivity index (χ0v) is 13.3. The summed E-state index contributed by atoms with van der Waals surface area (Å²) in [5.74, 6) is 0. The normalized spacial score (nSPS) is 0. The predicted octanol–water partition coefficient (Wildman–Crippen LogP) is -12.8. The Hall–Kier alpha value is 1.57. The van der Waals surface area contributed by atoms with Gasteiger partial charge in [0, 0.05) is 0 Å². The molecule has 0 rings (SSSR count). The Morgan fingerprint density at radius 3 is 0.231 bits per heavy atom. The predicted molar refractivity (Wildman–Crippen MR) is 44.5 cm³/mol. The van der Waals surface area contributed by atoms with Crippen molar-refractivity contribution in [1.82, 2.24) is 0 Å². The first-order valence-corrected chi connectivity index (χ1v) is 0. The topological polar surface area (TPSA) is 378 Å². The van der Waals surface area contributed by atoms with Crippen LogP contribution in [0.25, 0.3) is 0 Å². The van der Waals surface area contributed by atoms with E-state index in [2.05, 4.69) is 0 Å². The van der Waals surface area contributed by atoms with Crippen molar-refractivity contribution in [2.24, 2.45) is 0 Å². The molecule has 0 aliphatic rings. The quantitative estimate of drug-likeness (QED) is 0.392. The van der Waals surface area contributed by atoms with Crippen molar-refractivity contribution >= 4 is 0 Å². The van der Waals surface area contributed by atoms with Gasteiger partial charge in [0.2, 0.25) is 0 Å². The summed E-state index contributed by atoms with van der Waals surface area (Å²) in [5, 5.41) is 0. The fourth-order valence-corrected chi connectivity index (χ4v) is 0. The second-order valence-corrected chi connectivity index (χ2v) is 0. The monoisotopic (exact) mass is 350 g/mol. The number of hydrogen-bond donors (Lipinski definition) is 0. The third-order valence-electron chi connectivity index (χ3n) is 0. The van der Waals surface area contributed by atoms with Gasteiger partial charge in [0.15, 0.2) is 0 Å². The Morgan fingerprint density at radius 1 is 0.231 bits per heavy atom. The van der Waals surface area contributed by atoms with E-state index in [1.54, 1.807) is 0 Å². The van der Waals surface area contributed by atoms with Gasteiger partial charge in [0.1, 0.15) is 0 Å². The van der Waals surface area contributed by atoms with Crippen molar-refractivity contribution in [3.8, 4) is 0 Å². The summed E-state index contributed by atoms with van der Waals surface area (Å²) >= 11 is 0. The van der Waals surface area contributed by atoms with Gasteiger partial charge in [0.25, 0.3) is 0 Å².